The second-order valence-electron chi connectivity index (χ2n) is 4.39. The lowest BCUT2D eigenvalue weighted by Crippen LogP contribution is -2.41. The van der Waals surface area contributed by atoms with E-state index in [2.05, 4.69) is 11.9 Å². The van der Waals surface area contributed by atoms with Crippen LogP contribution in [-0.4, -0.2) is 48.2 Å². The summed E-state index contributed by atoms with van der Waals surface area (Å²) < 4.78 is 0. The summed E-state index contributed by atoms with van der Waals surface area (Å²) in [6, 6.07) is -0.195. The maximum Gasteiger partial charge on any atom is 0.239 e. The predicted molar refractivity (Wildman–Crippen MR) is 64.1 cm³/mol. The van der Waals surface area contributed by atoms with E-state index in [1.807, 2.05) is 13.1 Å². The molecule has 0 aliphatic carbocycles. The molecule has 0 saturated carbocycles. The minimum Gasteiger partial charge on any atom is -0.392 e. The van der Waals surface area contributed by atoms with Gasteiger partial charge in [0.1, 0.15) is 0 Å². The lowest BCUT2D eigenvalue weighted by molar-refractivity contribution is -0.132. The lowest BCUT2D eigenvalue weighted by Gasteiger charge is -2.20. The van der Waals surface area contributed by atoms with Crippen LogP contribution < -0.4 is 5.32 Å². The van der Waals surface area contributed by atoms with Gasteiger partial charge in [0.2, 0.25) is 5.91 Å². The predicted octanol–water partition coefficient (Wildman–Crippen LogP) is 0.524. The van der Waals surface area contributed by atoms with Gasteiger partial charge in [-0.3, -0.25) is 4.79 Å². The number of aliphatic hydroxyl groups is 1. The first kappa shape index (κ1) is 13.2. The molecule has 2 N–H and O–H groups in total. The van der Waals surface area contributed by atoms with Crippen molar-refractivity contribution in [1.29, 1.82) is 0 Å². The molecule has 0 radical (unpaired) electrons. The summed E-state index contributed by atoms with van der Waals surface area (Å²) >= 11 is 0. The third kappa shape index (κ3) is 3.94. The number of aliphatic hydroxyl groups excluding tert-OH is 1. The van der Waals surface area contributed by atoms with E-state index < -0.39 is 0 Å². The van der Waals surface area contributed by atoms with Gasteiger partial charge in [-0.05, 0) is 25.7 Å². The summed E-state index contributed by atoms with van der Waals surface area (Å²) in [7, 11) is 1.82. The zero-order chi connectivity index (χ0) is 12.0. The van der Waals surface area contributed by atoms with Gasteiger partial charge in [0, 0.05) is 20.1 Å². The summed E-state index contributed by atoms with van der Waals surface area (Å²) in [6.45, 7) is 4.97. The molecule has 92 valence electrons. The van der Waals surface area contributed by atoms with Gasteiger partial charge in [0.15, 0.2) is 0 Å². The molecule has 2 atom stereocenters. The highest BCUT2D eigenvalue weighted by molar-refractivity contribution is 5.82. The molecule has 1 amide bonds. The molecule has 1 aliphatic heterocycles. The number of carbonyl (C=O) groups is 1. The zero-order valence-electron chi connectivity index (χ0n) is 9.98. The van der Waals surface area contributed by atoms with Gasteiger partial charge in [-0.15, -0.1) is 6.58 Å². The van der Waals surface area contributed by atoms with Crippen molar-refractivity contribution in [2.24, 2.45) is 0 Å². The number of allylic oxidation sites excluding steroid dienone is 1. The Balaban J connectivity index is 2.22. The molecule has 0 unspecified atom stereocenters. The Morgan fingerprint density at radius 2 is 2.38 bits per heavy atom. The fourth-order valence-electron chi connectivity index (χ4n) is 1.92. The molecule has 0 spiro atoms. The summed E-state index contributed by atoms with van der Waals surface area (Å²) in [5, 5.41) is 12.4. The van der Waals surface area contributed by atoms with E-state index in [0.29, 0.717) is 13.0 Å². The van der Waals surface area contributed by atoms with Crippen LogP contribution in [0.5, 0.6) is 0 Å². The zero-order valence-corrected chi connectivity index (χ0v) is 9.98. The van der Waals surface area contributed by atoms with Crippen molar-refractivity contribution in [3.8, 4) is 0 Å². The first-order chi connectivity index (χ1) is 7.65. The fraction of sp³-hybridized carbons (Fsp3) is 0.750. The topological polar surface area (TPSA) is 52.6 Å². The second-order valence-corrected chi connectivity index (χ2v) is 4.39. The van der Waals surface area contributed by atoms with Crippen LogP contribution in [0.4, 0.5) is 0 Å². The normalized spacial score (nSPS) is 24.4. The molecular weight excluding hydrogens is 204 g/mol. The third-order valence-corrected chi connectivity index (χ3v) is 2.93. The Morgan fingerprint density at radius 1 is 1.62 bits per heavy atom. The van der Waals surface area contributed by atoms with Crippen LogP contribution in [0.15, 0.2) is 12.7 Å². The van der Waals surface area contributed by atoms with Crippen LogP contribution in [0.25, 0.3) is 0 Å². The van der Waals surface area contributed by atoms with Gasteiger partial charge in [-0.2, -0.15) is 0 Å². The van der Waals surface area contributed by atoms with E-state index in [1.165, 1.54) is 0 Å². The molecule has 0 aromatic rings. The highest BCUT2D eigenvalue weighted by Crippen LogP contribution is 2.09. The molecule has 1 rings (SSSR count). The van der Waals surface area contributed by atoms with Crippen molar-refractivity contribution in [1.82, 2.24) is 10.2 Å². The minimum absolute atomic E-state index is 0.0927. The summed E-state index contributed by atoms with van der Waals surface area (Å²) in [5.74, 6) is 0.0927. The number of amides is 1. The number of hydrogen-bond donors (Lipinski definition) is 2. The van der Waals surface area contributed by atoms with Crippen molar-refractivity contribution in [3.63, 3.8) is 0 Å². The first-order valence-electron chi connectivity index (χ1n) is 5.92. The van der Waals surface area contributed by atoms with Crippen LogP contribution in [0.2, 0.25) is 0 Å². The third-order valence-electron chi connectivity index (χ3n) is 2.93. The van der Waals surface area contributed by atoms with Gasteiger partial charge in [0.25, 0.3) is 0 Å². The average Bonchev–Trinajstić information content (AvgIpc) is 2.70. The number of likely N-dealkylation sites (N-methyl/N-ethyl adjacent to an activating group) is 1. The average molecular weight is 226 g/mol. The van der Waals surface area contributed by atoms with Crippen LogP contribution in [0.3, 0.4) is 0 Å². The number of nitrogens with one attached hydrogen (secondary N) is 1. The Hall–Kier alpha value is -0.870. The van der Waals surface area contributed by atoms with E-state index in [0.717, 1.165) is 25.8 Å². The molecule has 0 aromatic heterocycles. The first-order valence-corrected chi connectivity index (χ1v) is 5.92. The SMILES string of the molecule is C=CCCCCN(C)C(=O)[C@@H]1C[C@@H](O)CN1. The number of unbranched alkanes of at least 4 members (excludes halogenated alkanes) is 2. The Kier molecular flexibility index (Phi) is 5.49. The van der Waals surface area contributed by atoms with Gasteiger partial charge in [-0.1, -0.05) is 6.08 Å². The monoisotopic (exact) mass is 226 g/mol. The van der Waals surface area contributed by atoms with Crippen LogP contribution in [0.1, 0.15) is 25.7 Å². The van der Waals surface area contributed by atoms with Crippen molar-refractivity contribution < 1.29 is 9.90 Å². The van der Waals surface area contributed by atoms with E-state index >= 15 is 0 Å². The van der Waals surface area contributed by atoms with Crippen LogP contribution in [-0.2, 0) is 4.79 Å². The van der Waals surface area contributed by atoms with Crippen molar-refractivity contribution >= 4 is 5.91 Å². The molecule has 0 bridgehead atoms. The van der Waals surface area contributed by atoms with E-state index in [4.69, 9.17) is 0 Å². The van der Waals surface area contributed by atoms with Gasteiger partial charge >= 0.3 is 0 Å². The molecule has 16 heavy (non-hydrogen) atoms. The summed E-state index contributed by atoms with van der Waals surface area (Å²) in [6.07, 6.45) is 5.14. The molecule has 1 saturated heterocycles. The standard InChI is InChI=1S/C12H22N2O2/c1-3-4-5-6-7-14(2)12(16)11-8-10(15)9-13-11/h3,10-11,13,15H,1,4-9H2,2H3/t10-,11+/m1/s1. The fourth-order valence-corrected chi connectivity index (χ4v) is 1.92. The quantitative estimate of drug-likeness (QED) is 0.513. The summed E-state index contributed by atoms with van der Waals surface area (Å²) in [5.41, 5.74) is 0. The molecule has 1 aliphatic rings. The largest absolute Gasteiger partial charge is 0.392 e. The Morgan fingerprint density at radius 3 is 2.94 bits per heavy atom. The van der Waals surface area contributed by atoms with Gasteiger partial charge in [-0.25, -0.2) is 0 Å². The number of nitrogens with zero attached hydrogens (tertiary/aromatic N) is 1. The second kappa shape index (κ2) is 6.66. The summed E-state index contributed by atoms with van der Waals surface area (Å²) in [4.78, 5) is 13.6. The number of carbonyl (C=O) groups excluding carboxylic acids is 1. The smallest absolute Gasteiger partial charge is 0.239 e. The van der Waals surface area contributed by atoms with Crippen molar-refractivity contribution in [3.05, 3.63) is 12.7 Å². The molecular formula is C12H22N2O2. The van der Waals surface area contributed by atoms with E-state index in [1.54, 1.807) is 4.90 Å². The van der Waals surface area contributed by atoms with Gasteiger partial charge < -0.3 is 15.3 Å². The maximum absolute atomic E-state index is 11.9. The Bertz CT molecular complexity index is 243. The van der Waals surface area contributed by atoms with Crippen LogP contribution in [0, 0.1) is 0 Å². The number of hydrogen-bond acceptors (Lipinski definition) is 3. The maximum atomic E-state index is 11.9. The Labute approximate surface area is 97.3 Å². The van der Waals surface area contributed by atoms with Crippen molar-refractivity contribution in [2.75, 3.05) is 20.1 Å². The lowest BCUT2D eigenvalue weighted by atomic mass is 10.1. The van der Waals surface area contributed by atoms with E-state index in [9.17, 15) is 9.90 Å². The molecule has 1 heterocycles. The van der Waals surface area contributed by atoms with Gasteiger partial charge in [0.05, 0.1) is 12.1 Å². The molecule has 1 fully saturated rings. The number of rotatable bonds is 6. The molecule has 4 heteroatoms. The molecule has 4 nitrogen and oxygen atoms in total. The molecule has 0 aromatic carbocycles. The van der Waals surface area contributed by atoms with E-state index in [-0.39, 0.29) is 18.1 Å². The van der Waals surface area contributed by atoms with Crippen molar-refractivity contribution in [2.45, 2.75) is 37.8 Å². The van der Waals surface area contributed by atoms with Crippen LogP contribution >= 0.6 is 0 Å². The highest BCUT2D eigenvalue weighted by atomic mass is 16.3. The highest BCUT2D eigenvalue weighted by Gasteiger charge is 2.29. The number of β-amino-alcohol motifs (C(OH)–C–C–N with tert-alkyl or cyclic N) is 1. The minimum atomic E-state index is -0.372.